The molecule has 25 heavy (non-hydrogen) atoms. The van der Waals surface area contributed by atoms with E-state index in [1.165, 1.54) is 12.1 Å². The highest BCUT2D eigenvalue weighted by Crippen LogP contribution is 2.29. The summed E-state index contributed by atoms with van der Waals surface area (Å²) in [5, 5.41) is 6.12. The van der Waals surface area contributed by atoms with Crippen LogP contribution in [0.15, 0.2) is 54.6 Å². The Bertz CT molecular complexity index is 710. The lowest BCUT2D eigenvalue weighted by Crippen LogP contribution is -2.38. The number of hydrogen-bond donors (Lipinski definition) is 2. The van der Waals surface area contributed by atoms with E-state index >= 15 is 0 Å². The first-order chi connectivity index (χ1) is 11.9. The van der Waals surface area contributed by atoms with Gasteiger partial charge in [0.05, 0.1) is 5.56 Å². The molecule has 2 N–H and O–H groups in total. The lowest BCUT2D eigenvalue weighted by atomic mass is 10.1. The average Bonchev–Trinajstić information content (AvgIpc) is 3.39. The molecule has 3 rings (SSSR count). The van der Waals surface area contributed by atoms with Gasteiger partial charge in [0.25, 0.3) is 0 Å². The second kappa shape index (κ2) is 7.27. The van der Waals surface area contributed by atoms with Crippen LogP contribution < -0.4 is 10.6 Å². The van der Waals surface area contributed by atoms with E-state index in [0.717, 1.165) is 30.5 Å². The number of halogens is 3. The SMILES string of the molecule is O=C(NC1CC1)[C@H](NCc1ccc(C(F)(F)F)cc1)c1ccccc1. The molecular formula is C19H19F3N2O. The van der Waals surface area contributed by atoms with Gasteiger partial charge in [-0.05, 0) is 36.1 Å². The molecule has 1 saturated carbocycles. The topological polar surface area (TPSA) is 41.1 Å². The number of alkyl halides is 3. The molecule has 0 aliphatic heterocycles. The summed E-state index contributed by atoms with van der Waals surface area (Å²) in [6, 6.07) is 14.0. The minimum Gasteiger partial charge on any atom is -0.352 e. The van der Waals surface area contributed by atoms with E-state index in [4.69, 9.17) is 0 Å². The summed E-state index contributed by atoms with van der Waals surface area (Å²) in [5.41, 5.74) is 0.836. The Morgan fingerprint density at radius 3 is 2.24 bits per heavy atom. The largest absolute Gasteiger partial charge is 0.416 e. The third-order valence-electron chi connectivity index (χ3n) is 4.11. The summed E-state index contributed by atoms with van der Waals surface area (Å²) in [4.78, 5) is 12.5. The van der Waals surface area contributed by atoms with Gasteiger partial charge < -0.3 is 5.32 Å². The van der Waals surface area contributed by atoms with Gasteiger partial charge in [0.15, 0.2) is 0 Å². The van der Waals surface area contributed by atoms with Gasteiger partial charge in [-0.3, -0.25) is 10.1 Å². The molecule has 0 bridgehead atoms. The van der Waals surface area contributed by atoms with Crippen LogP contribution >= 0.6 is 0 Å². The first kappa shape index (κ1) is 17.5. The second-order valence-electron chi connectivity index (χ2n) is 6.20. The second-order valence-corrected chi connectivity index (χ2v) is 6.20. The maximum atomic E-state index is 12.6. The molecule has 3 nitrogen and oxygen atoms in total. The number of carbonyl (C=O) groups is 1. The first-order valence-corrected chi connectivity index (χ1v) is 8.18. The van der Waals surface area contributed by atoms with E-state index in [0.29, 0.717) is 12.1 Å². The van der Waals surface area contributed by atoms with Gasteiger partial charge in [0, 0.05) is 12.6 Å². The molecule has 132 valence electrons. The third-order valence-corrected chi connectivity index (χ3v) is 4.11. The predicted octanol–water partition coefficient (Wildman–Crippen LogP) is 3.81. The molecule has 0 saturated heterocycles. The van der Waals surface area contributed by atoms with Gasteiger partial charge in [-0.1, -0.05) is 42.5 Å². The third kappa shape index (κ3) is 4.82. The molecule has 1 fully saturated rings. The summed E-state index contributed by atoms with van der Waals surface area (Å²) >= 11 is 0. The van der Waals surface area contributed by atoms with Crippen molar-refractivity contribution in [3.8, 4) is 0 Å². The van der Waals surface area contributed by atoms with E-state index in [-0.39, 0.29) is 11.9 Å². The summed E-state index contributed by atoms with van der Waals surface area (Å²) in [6.07, 6.45) is -2.36. The maximum Gasteiger partial charge on any atom is 0.416 e. The Labute approximate surface area is 144 Å². The van der Waals surface area contributed by atoms with Gasteiger partial charge in [0.1, 0.15) is 6.04 Å². The average molecular weight is 348 g/mol. The molecule has 0 unspecified atom stereocenters. The summed E-state index contributed by atoms with van der Waals surface area (Å²) in [6.45, 7) is 0.301. The molecular weight excluding hydrogens is 329 g/mol. The van der Waals surface area contributed by atoms with E-state index in [9.17, 15) is 18.0 Å². The molecule has 1 aliphatic carbocycles. The number of carbonyl (C=O) groups excluding carboxylic acids is 1. The van der Waals surface area contributed by atoms with Crippen LogP contribution in [0.25, 0.3) is 0 Å². The van der Waals surface area contributed by atoms with Crippen LogP contribution in [0.2, 0.25) is 0 Å². The van der Waals surface area contributed by atoms with Crippen LogP contribution in [-0.4, -0.2) is 11.9 Å². The van der Waals surface area contributed by atoms with Crippen LogP contribution in [0.5, 0.6) is 0 Å². The van der Waals surface area contributed by atoms with Crippen molar-refractivity contribution in [2.24, 2.45) is 0 Å². The van der Waals surface area contributed by atoms with Gasteiger partial charge in [-0.25, -0.2) is 0 Å². The standard InChI is InChI=1S/C19H19F3N2O/c20-19(21,22)15-8-6-13(7-9-15)12-23-17(14-4-2-1-3-5-14)18(25)24-16-10-11-16/h1-9,16-17,23H,10-12H2,(H,24,25)/t17-/m1/s1. The van der Waals surface area contributed by atoms with Gasteiger partial charge in [-0.15, -0.1) is 0 Å². The Balaban J connectivity index is 1.68. The summed E-state index contributed by atoms with van der Waals surface area (Å²) in [7, 11) is 0. The van der Waals surface area contributed by atoms with Crippen LogP contribution in [0, 0.1) is 0 Å². The summed E-state index contributed by atoms with van der Waals surface area (Å²) in [5.74, 6) is -0.111. The van der Waals surface area contributed by atoms with Crippen molar-refractivity contribution in [1.82, 2.24) is 10.6 Å². The Morgan fingerprint density at radius 2 is 1.68 bits per heavy atom. The highest BCUT2D eigenvalue weighted by atomic mass is 19.4. The lowest BCUT2D eigenvalue weighted by molar-refractivity contribution is -0.137. The van der Waals surface area contributed by atoms with Gasteiger partial charge in [-0.2, -0.15) is 13.2 Å². The zero-order valence-corrected chi connectivity index (χ0v) is 13.5. The zero-order chi connectivity index (χ0) is 17.9. The Kier molecular flexibility index (Phi) is 5.08. The molecule has 2 aromatic carbocycles. The minimum absolute atomic E-state index is 0.111. The number of benzene rings is 2. The van der Waals surface area contributed by atoms with Crippen LogP contribution in [0.3, 0.4) is 0 Å². The highest BCUT2D eigenvalue weighted by molar-refractivity contribution is 5.83. The van der Waals surface area contributed by atoms with Gasteiger partial charge in [0.2, 0.25) is 5.91 Å². The molecule has 1 amide bonds. The number of amides is 1. The van der Waals surface area contributed by atoms with Crippen molar-refractivity contribution in [3.63, 3.8) is 0 Å². The fraction of sp³-hybridized carbons (Fsp3) is 0.316. The normalized spacial score (nSPS) is 15.6. The van der Waals surface area contributed by atoms with Crippen molar-refractivity contribution in [3.05, 3.63) is 71.3 Å². The first-order valence-electron chi connectivity index (χ1n) is 8.18. The highest BCUT2D eigenvalue weighted by Gasteiger charge is 2.30. The van der Waals surface area contributed by atoms with Crippen molar-refractivity contribution in [2.45, 2.75) is 37.6 Å². The van der Waals surface area contributed by atoms with Crippen molar-refractivity contribution < 1.29 is 18.0 Å². The Morgan fingerprint density at radius 1 is 1.04 bits per heavy atom. The maximum absolute atomic E-state index is 12.6. The van der Waals surface area contributed by atoms with Gasteiger partial charge >= 0.3 is 6.18 Å². The van der Waals surface area contributed by atoms with Crippen LogP contribution in [0.4, 0.5) is 13.2 Å². The minimum atomic E-state index is -4.34. The van der Waals surface area contributed by atoms with E-state index in [1.54, 1.807) is 0 Å². The smallest absolute Gasteiger partial charge is 0.352 e. The molecule has 0 heterocycles. The fourth-order valence-electron chi connectivity index (χ4n) is 2.55. The van der Waals surface area contributed by atoms with E-state index < -0.39 is 17.8 Å². The molecule has 0 aromatic heterocycles. The van der Waals surface area contributed by atoms with E-state index in [2.05, 4.69) is 10.6 Å². The molecule has 1 aliphatic rings. The predicted molar refractivity (Wildman–Crippen MR) is 88.6 cm³/mol. The number of hydrogen-bond acceptors (Lipinski definition) is 2. The lowest BCUT2D eigenvalue weighted by Gasteiger charge is -2.19. The van der Waals surface area contributed by atoms with Crippen LogP contribution in [0.1, 0.15) is 35.6 Å². The van der Waals surface area contributed by atoms with Crippen LogP contribution in [-0.2, 0) is 17.5 Å². The molecule has 6 heteroatoms. The molecule has 2 aromatic rings. The monoisotopic (exact) mass is 348 g/mol. The van der Waals surface area contributed by atoms with Crippen molar-refractivity contribution in [2.75, 3.05) is 0 Å². The summed E-state index contributed by atoms with van der Waals surface area (Å²) < 4.78 is 37.9. The molecule has 0 spiro atoms. The quantitative estimate of drug-likeness (QED) is 0.833. The fourth-order valence-corrected chi connectivity index (χ4v) is 2.55. The number of nitrogens with one attached hydrogen (secondary N) is 2. The molecule has 1 atom stereocenters. The number of rotatable bonds is 6. The zero-order valence-electron chi connectivity index (χ0n) is 13.5. The van der Waals surface area contributed by atoms with Crippen molar-refractivity contribution in [1.29, 1.82) is 0 Å². The van der Waals surface area contributed by atoms with E-state index in [1.807, 2.05) is 30.3 Å². The Hall–Kier alpha value is -2.34. The molecule has 0 radical (unpaired) electrons. The van der Waals surface area contributed by atoms with Crippen molar-refractivity contribution >= 4 is 5.91 Å².